The van der Waals surface area contributed by atoms with Gasteiger partial charge in [0.15, 0.2) is 0 Å². The molecule has 0 saturated heterocycles. The molecule has 0 aliphatic heterocycles. The van der Waals surface area contributed by atoms with Gasteiger partial charge in [0.25, 0.3) is 0 Å². The van der Waals surface area contributed by atoms with Gasteiger partial charge in [-0.1, -0.05) is 0 Å². The maximum absolute atomic E-state index is 0. The first-order chi connectivity index (χ1) is 0. The Morgan fingerprint density at radius 1 is 0.400 bits per heavy atom. The number of hydrogen-bond acceptors (Lipinski definition) is 0. The van der Waals surface area contributed by atoms with Crippen molar-refractivity contribution in [3.05, 3.63) is 0 Å². The fourth-order valence-corrected chi connectivity index (χ4v) is 0. The van der Waals surface area contributed by atoms with Gasteiger partial charge in [-0.25, -0.2) is 0 Å². The van der Waals surface area contributed by atoms with Crippen molar-refractivity contribution in [2.75, 3.05) is 0 Å². The summed E-state index contributed by atoms with van der Waals surface area (Å²) in [5.41, 5.74) is 0. The molecule has 0 saturated carbocycles. The molecule has 40 valence electrons. The van der Waals surface area contributed by atoms with Crippen molar-refractivity contribution < 1.29 is 39.0 Å². The van der Waals surface area contributed by atoms with Crippen LogP contribution in [-0.2, 0) is 39.0 Å². The van der Waals surface area contributed by atoms with Gasteiger partial charge in [-0.2, -0.15) is 0 Å². The molecular weight excluding hydrogens is 420 g/mol. The molecule has 0 aliphatic rings. The minimum Gasteiger partial charge on any atom is 0 e. The van der Waals surface area contributed by atoms with Crippen molar-refractivity contribution in [3.8, 4) is 0 Å². The topological polar surface area (TPSA) is 0 Å². The van der Waals surface area contributed by atoms with Gasteiger partial charge >= 0.3 is 52.8 Å². The molecule has 0 amide bonds. The van der Waals surface area contributed by atoms with Crippen molar-refractivity contribution in [2.24, 2.45) is 0 Å². The molecule has 0 aliphatic carbocycles. The Morgan fingerprint density at radius 2 is 0.400 bits per heavy atom. The summed E-state index contributed by atoms with van der Waals surface area (Å²) in [5.74, 6) is 0. The van der Waals surface area contributed by atoms with E-state index < -0.39 is 0 Å². The second kappa shape index (κ2) is 28.7. The van der Waals surface area contributed by atoms with Gasteiger partial charge in [0, 0.05) is 39.0 Å². The van der Waals surface area contributed by atoms with Crippen molar-refractivity contribution in [1.29, 1.82) is 0 Å². The number of hydrogen-bond donors (Lipinski definition) is 0. The summed E-state index contributed by atoms with van der Waals surface area (Å²) in [6.07, 6.45) is 0. The predicted molar refractivity (Wildman–Crippen MR) is 34.0 cm³/mol. The van der Waals surface area contributed by atoms with Crippen molar-refractivity contribution in [3.63, 3.8) is 0 Å². The van der Waals surface area contributed by atoms with Crippen LogP contribution in [0.15, 0.2) is 0 Å². The number of rotatable bonds is 0. The predicted octanol–water partition coefficient (Wildman–Crippen LogP) is -4.36. The molecular formula is H12Ge3Ru2. The van der Waals surface area contributed by atoms with Gasteiger partial charge in [-0.05, 0) is 0 Å². The van der Waals surface area contributed by atoms with Crippen LogP contribution in [0.5, 0.6) is 0 Å². The van der Waals surface area contributed by atoms with Crippen LogP contribution < -0.4 is 0 Å². The second-order valence-electron chi connectivity index (χ2n) is 0. The summed E-state index contributed by atoms with van der Waals surface area (Å²) in [7, 11) is 0. The first-order valence-electron chi connectivity index (χ1n) is 0. The maximum atomic E-state index is 0. The van der Waals surface area contributed by atoms with Gasteiger partial charge in [-0.3, -0.25) is 0 Å². The molecule has 0 spiro atoms. The average Bonchev–Trinajstić information content (AvgIpc) is 0. The molecule has 0 aromatic carbocycles. The zero-order valence-corrected chi connectivity index (χ0v) is 4.18. The van der Waals surface area contributed by atoms with E-state index in [0.29, 0.717) is 0 Å². The molecule has 0 unspecified atom stereocenters. The maximum Gasteiger partial charge on any atom is 0 e. The third kappa shape index (κ3) is 19.8. The molecule has 0 aromatic heterocycles. The van der Waals surface area contributed by atoms with Gasteiger partial charge in [0.1, 0.15) is 0 Å². The van der Waals surface area contributed by atoms with E-state index in [2.05, 4.69) is 0 Å². The quantitative estimate of drug-likeness (QED) is 0.340. The smallest absolute Gasteiger partial charge is 0 e. The molecule has 5 heteroatoms. The molecule has 0 atom stereocenters. The Kier molecular flexibility index (Phi) is 259. The van der Waals surface area contributed by atoms with Gasteiger partial charge in [0.2, 0.25) is 0 Å². The Morgan fingerprint density at radius 3 is 0.400 bits per heavy atom. The van der Waals surface area contributed by atoms with E-state index in [9.17, 15) is 0 Å². The zero-order chi connectivity index (χ0) is 0. The van der Waals surface area contributed by atoms with Gasteiger partial charge in [-0.15, -0.1) is 0 Å². The second-order valence-corrected chi connectivity index (χ2v) is 0. The van der Waals surface area contributed by atoms with Crippen LogP contribution >= 0.6 is 0 Å². The average molecular weight is 432 g/mol. The van der Waals surface area contributed by atoms with Crippen LogP contribution in [0.1, 0.15) is 0 Å². The van der Waals surface area contributed by atoms with Crippen molar-refractivity contribution in [2.45, 2.75) is 0 Å². The third-order valence-electron chi connectivity index (χ3n) is 0. The van der Waals surface area contributed by atoms with Crippen LogP contribution in [0.2, 0.25) is 0 Å². The van der Waals surface area contributed by atoms with Crippen LogP contribution in [0.3, 0.4) is 0 Å². The molecule has 5 heavy (non-hydrogen) atoms. The van der Waals surface area contributed by atoms with E-state index in [1.54, 1.807) is 0 Å². The minimum absolute atomic E-state index is 0. The molecule has 0 radical (unpaired) electrons. The molecule has 0 nitrogen and oxygen atoms in total. The Hall–Kier alpha value is 2.88. The molecule has 0 N–H and O–H groups in total. The van der Waals surface area contributed by atoms with Crippen LogP contribution in [0, 0.1) is 0 Å². The molecule has 0 heterocycles. The molecule has 0 bridgehead atoms. The third-order valence-corrected chi connectivity index (χ3v) is 0. The summed E-state index contributed by atoms with van der Waals surface area (Å²) in [6.45, 7) is 0. The van der Waals surface area contributed by atoms with E-state index in [1.807, 2.05) is 0 Å². The van der Waals surface area contributed by atoms with E-state index in [1.165, 1.54) is 0 Å². The van der Waals surface area contributed by atoms with Crippen LogP contribution in [0.4, 0.5) is 0 Å². The zero-order valence-electron chi connectivity index (χ0n) is 0.707. The van der Waals surface area contributed by atoms with E-state index in [0.717, 1.165) is 0 Å². The fraction of sp³-hybridized carbons (Fsp3) is 0. The normalized spacial score (nSPS) is 0. The first-order valence-corrected chi connectivity index (χ1v) is 0. The van der Waals surface area contributed by atoms with Crippen LogP contribution in [0.25, 0.3) is 0 Å². The van der Waals surface area contributed by atoms with Gasteiger partial charge < -0.3 is 0 Å². The Labute approximate surface area is 90.4 Å². The summed E-state index contributed by atoms with van der Waals surface area (Å²) >= 11 is 0. The molecule has 0 aromatic rings. The van der Waals surface area contributed by atoms with E-state index >= 15 is 0 Å². The molecule has 0 rings (SSSR count). The van der Waals surface area contributed by atoms with E-state index in [4.69, 9.17) is 0 Å². The monoisotopic (exact) mass is 438 g/mol. The standard InChI is InChI=1S/3GeH4.2Ru/h3*1H4;;. The van der Waals surface area contributed by atoms with Crippen LogP contribution in [-0.4, -0.2) is 52.8 Å². The van der Waals surface area contributed by atoms with E-state index in [-0.39, 0.29) is 91.7 Å². The first kappa shape index (κ1) is 45.0. The van der Waals surface area contributed by atoms with Crippen molar-refractivity contribution >= 4 is 52.8 Å². The van der Waals surface area contributed by atoms with Crippen molar-refractivity contribution in [1.82, 2.24) is 0 Å². The SMILES string of the molecule is [GeH4].[GeH4].[GeH4].[Ru].[Ru]. The Bertz CT molecular complexity index is 4.85. The fourth-order valence-electron chi connectivity index (χ4n) is 0. The summed E-state index contributed by atoms with van der Waals surface area (Å²) in [6, 6.07) is 0. The minimum atomic E-state index is 0. The summed E-state index contributed by atoms with van der Waals surface area (Å²) in [4.78, 5) is 0. The Balaban J connectivity index is 0. The largest absolute Gasteiger partial charge is 0 e. The summed E-state index contributed by atoms with van der Waals surface area (Å²) < 4.78 is 0. The molecule has 0 fully saturated rings. The summed E-state index contributed by atoms with van der Waals surface area (Å²) in [5, 5.41) is 0. The van der Waals surface area contributed by atoms with Gasteiger partial charge in [0.05, 0.1) is 0 Å².